The smallest absolute Gasteiger partial charge is 0.310 e. The fourth-order valence-corrected chi connectivity index (χ4v) is 7.86. The summed E-state index contributed by atoms with van der Waals surface area (Å²) in [4.78, 5) is 38.0. The van der Waals surface area contributed by atoms with Gasteiger partial charge in [-0.2, -0.15) is 0 Å². The largest absolute Gasteiger partial charge is 0.462 e. The topological polar surface area (TPSA) is 78.9 Å². The van der Waals surface area contributed by atoms with Crippen molar-refractivity contribution < 1.29 is 28.6 Å². The first-order chi connectivity index (χ1) is 35.5. The quantitative estimate of drug-likeness (QED) is 0.0261. The fraction of sp³-hybridized carbons (Fsp3) is 0.652. The van der Waals surface area contributed by atoms with Crippen LogP contribution in [0.2, 0.25) is 0 Å². The van der Waals surface area contributed by atoms with Crippen LogP contribution in [0.15, 0.2) is 122 Å². The Morgan fingerprint density at radius 2 is 0.583 bits per heavy atom. The molecule has 0 aliphatic rings. The minimum atomic E-state index is -0.836. The van der Waals surface area contributed by atoms with Gasteiger partial charge in [0.25, 0.3) is 0 Å². The first kappa shape index (κ1) is 67.8. The van der Waals surface area contributed by atoms with Crippen molar-refractivity contribution in [2.24, 2.45) is 0 Å². The molecule has 72 heavy (non-hydrogen) atoms. The summed E-state index contributed by atoms with van der Waals surface area (Å²) in [5.74, 6) is -1.06. The molecule has 0 radical (unpaired) electrons. The van der Waals surface area contributed by atoms with E-state index in [-0.39, 0.29) is 31.6 Å². The number of carbonyl (C=O) groups excluding carboxylic acids is 3. The summed E-state index contributed by atoms with van der Waals surface area (Å²) >= 11 is 0. The van der Waals surface area contributed by atoms with E-state index in [2.05, 4.69) is 130 Å². The highest BCUT2D eigenvalue weighted by Gasteiger charge is 2.19. The molecule has 6 nitrogen and oxygen atoms in total. The summed E-state index contributed by atoms with van der Waals surface area (Å²) in [5.41, 5.74) is 0. The van der Waals surface area contributed by atoms with Crippen LogP contribution < -0.4 is 0 Å². The van der Waals surface area contributed by atoms with E-state index in [1.807, 2.05) is 6.08 Å². The van der Waals surface area contributed by atoms with E-state index in [1.54, 1.807) is 6.08 Å². The van der Waals surface area contributed by atoms with E-state index >= 15 is 0 Å². The van der Waals surface area contributed by atoms with Gasteiger partial charge in [0.2, 0.25) is 0 Å². The number of esters is 3. The van der Waals surface area contributed by atoms with E-state index in [4.69, 9.17) is 14.2 Å². The zero-order valence-corrected chi connectivity index (χ0v) is 46.7. The van der Waals surface area contributed by atoms with Gasteiger partial charge in [-0.3, -0.25) is 14.4 Å². The van der Waals surface area contributed by atoms with E-state index in [1.165, 1.54) is 103 Å². The van der Waals surface area contributed by atoms with Gasteiger partial charge in [0.15, 0.2) is 6.10 Å². The van der Waals surface area contributed by atoms with Gasteiger partial charge in [-0.1, -0.05) is 258 Å². The third kappa shape index (κ3) is 56.7. The van der Waals surface area contributed by atoms with Crippen LogP contribution in [-0.2, 0) is 28.6 Å². The molecule has 0 aromatic heterocycles. The number of allylic oxidation sites excluding steroid dienone is 19. The summed E-state index contributed by atoms with van der Waals surface area (Å²) in [5, 5.41) is 0. The molecule has 0 aromatic carbocycles. The van der Waals surface area contributed by atoms with Crippen LogP contribution in [0, 0.1) is 0 Å². The third-order valence-electron chi connectivity index (χ3n) is 12.2. The van der Waals surface area contributed by atoms with Crippen LogP contribution in [-0.4, -0.2) is 37.2 Å². The van der Waals surface area contributed by atoms with Gasteiger partial charge in [-0.15, -0.1) is 0 Å². The number of rotatable bonds is 52. The van der Waals surface area contributed by atoms with E-state index < -0.39 is 12.1 Å². The highest BCUT2D eigenvalue weighted by atomic mass is 16.6. The van der Waals surface area contributed by atoms with Crippen LogP contribution >= 0.6 is 0 Å². The van der Waals surface area contributed by atoms with Crippen LogP contribution in [0.1, 0.15) is 258 Å². The Kier molecular flexibility index (Phi) is 55.9. The second-order valence-electron chi connectivity index (χ2n) is 19.2. The highest BCUT2D eigenvalue weighted by Crippen LogP contribution is 2.16. The monoisotopic (exact) mass is 997 g/mol. The lowest BCUT2D eigenvalue weighted by molar-refractivity contribution is -0.166. The minimum absolute atomic E-state index is 0.0929. The molecule has 0 bridgehead atoms. The zero-order chi connectivity index (χ0) is 52.2. The number of unbranched alkanes of at least 4 members (excludes halogenated alkanes) is 22. The summed E-state index contributed by atoms with van der Waals surface area (Å²) in [6.45, 7) is 6.26. The molecule has 6 heteroatoms. The Morgan fingerprint density at radius 1 is 0.306 bits per heavy atom. The number of hydrogen-bond donors (Lipinski definition) is 0. The summed E-state index contributed by atoms with van der Waals surface area (Å²) in [6.07, 6.45) is 82.4. The van der Waals surface area contributed by atoms with E-state index in [0.29, 0.717) is 12.8 Å². The number of hydrogen-bond acceptors (Lipinski definition) is 6. The molecular formula is C66H108O6. The van der Waals surface area contributed by atoms with E-state index in [0.717, 1.165) is 116 Å². The first-order valence-corrected chi connectivity index (χ1v) is 29.5. The molecule has 0 rings (SSSR count). The van der Waals surface area contributed by atoms with Crippen LogP contribution in [0.25, 0.3) is 0 Å². The predicted molar refractivity (Wildman–Crippen MR) is 311 cm³/mol. The third-order valence-corrected chi connectivity index (χ3v) is 12.2. The molecule has 0 aliphatic carbocycles. The maximum Gasteiger partial charge on any atom is 0.310 e. The summed E-state index contributed by atoms with van der Waals surface area (Å²) in [6, 6.07) is 0. The molecule has 0 spiro atoms. The lowest BCUT2D eigenvalue weighted by Crippen LogP contribution is -2.30. The number of ether oxygens (including phenoxy) is 3. The number of carbonyl (C=O) groups is 3. The molecule has 408 valence electrons. The van der Waals surface area contributed by atoms with Crippen molar-refractivity contribution in [2.45, 2.75) is 264 Å². The zero-order valence-electron chi connectivity index (χ0n) is 46.7. The molecule has 0 heterocycles. The Balaban J connectivity index is 4.24. The predicted octanol–water partition coefficient (Wildman–Crippen LogP) is 20.0. The standard InChI is InChI=1S/C66H108O6/c1-4-7-10-13-16-19-22-24-26-27-28-29-30-31-32-33-34-35-36-37-38-39-41-42-44-47-50-53-56-59-65(68)71-62-63(61-70-64(67)58-55-52-49-46-21-18-15-12-9-6-3)72-66(69)60-57-54-51-48-45-43-40-25-23-20-17-14-11-8-5-2/h7-8,10-12,15-17,19-20,24-26,28-29,40,45,48,54,57,63H,4-6,9,13-14,18,21-23,27,30-39,41-44,46-47,49-53,55-56,58-62H2,1-3H3/b10-7-,11-8-,15-12-,19-16-,20-17-,26-24-,29-28-,40-25-,48-45-,57-54-. The van der Waals surface area contributed by atoms with Crippen molar-refractivity contribution in [1.29, 1.82) is 0 Å². The summed E-state index contributed by atoms with van der Waals surface area (Å²) < 4.78 is 16.7. The summed E-state index contributed by atoms with van der Waals surface area (Å²) in [7, 11) is 0. The molecule has 0 saturated heterocycles. The average Bonchev–Trinajstić information content (AvgIpc) is 3.38. The van der Waals surface area contributed by atoms with Gasteiger partial charge in [0.05, 0.1) is 6.42 Å². The lowest BCUT2D eigenvalue weighted by atomic mass is 10.0. The molecule has 0 amide bonds. The minimum Gasteiger partial charge on any atom is -0.462 e. The molecular weight excluding hydrogens is 889 g/mol. The lowest BCUT2D eigenvalue weighted by Gasteiger charge is -2.18. The Morgan fingerprint density at radius 3 is 0.931 bits per heavy atom. The molecule has 0 N–H and O–H groups in total. The SMILES string of the molecule is CC/C=C\C/C=C\C/C=C\C/C=C\C/C=C\CC(=O)OC(COC(=O)CCCCCCC/C=C\CCC)COC(=O)CCCCCCCCCCCCCCCCCC/C=C\C/C=C\C/C=C\C/C=C\CC. The van der Waals surface area contributed by atoms with Crippen molar-refractivity contribution in [3.63, 3.8) is 0 Å². The molecule has 0 fully saturated rings. The fourth-order valence-electron chi connectivity index (χ4n) is 7.86. The van der Waals surface area contributed by atoms with Crippen molar-refractivity contribution in [3.05, 3.63) is 122 Å². The molecule has 0 aromatic rings. The second kappa shape index (κ2) is 59.4. The Bertz CT molecular complexity index is 1520. The van der Waals surface area contributed by atoms with Gasteiger partial charge >= 0.3 is 17.9 Å². The molecule has 1 unspecified atom stereocenters. The molecule has 1 atom stereocenters. The van der Waals surface area contributed by atoms with Gasteiger partial charge in [-0.25, -0.2) is 0 Å². The van der Waals surface area contributed by atoms with Crippen LogP contribution in [0.4, 0.5) is 0 Å². The molecule has 0 aliphatic heterocycles. The van der Waals surface area contributed by atoms with Gasteiger partial charge in [-0.05, 0) is 103 Å². The maximum absolute atomic E-state index is 12.8. The van der Waals surface area contributed by atoms with Crippen molar-refractivity contribution in [3.8, 4) is 0 Å². The van der Waals surface area contributed by atoms with Gasteiger partial charge in [0, 0.05) is 12.8 Å². The Labute approximate surface area is 443 Å². The van der Waals surface area contributed by atoms with E-state index in [9.17, 15) is 14.4 Å². The van der Waals surface area contributed by atoms with Crippen molar-refractivity contribution in [1.82, 2.24) is 0 Å². The average molecular weight is 998 g/mol. The van der Waals surface area contributed by atoms with Crippen LogP contribution in [0.3, 0.4) is 0 Å². The van der Waals surface area contributed by atoms with Gasteiger partial charge < -0.3 is 14.2 Å². The van der Waals surface area contributed by atoms with Crippen molar-refractivity contribution in [2.75, 3.05) is 13.2 Å². The van der Waals surface area contributed by atoms with Gasteiger partial charge in [0.1, 0.15) is 13.2 Å². The molecule has 0 saturated carbocycles. The Hall–Kier alpha value is -4.19. The first-order valence-electron chi connectivity index (χ1n) is 29.5. The van der Waals surface area contributed by atoms with Crippen LogP contribution in [0.5, 0.6) is 0 Å². The second-order valence-corrected chi connectivity index (χ2v) is 19.2. The van der Waals surface area contributed by atoms with Crippen molar-refractivity contribution >= 4 is 17.9 Å². The highest BCUT2D eigenvalue weighted by molar-refractivity contribution is 5.72. The normalized spacial score (nSPS) is 13.0. The maximum atomic E-state index is 12.8.